The van der Waals surface area contributed by atoms with Crippen molar-refractivity contribution in [1.29, 1.82) is 0 Å². The molecule has 0 aliphatic carbocycles. The van der Waals surface area contributed by atoms with Crippen LogP contribution in [0.4, 0.5) is 0 Å². The molecule has 0 bridgehead atoms. The number of amides is 1. The van der Waals surface area contributed by atoms with E-state index in [9.17, 15) is 4.79 Å². The van der Waals surface area contributed by atoms with Crippen molar-refractivity contribution in [2.75, 3.05) is 38.5 Å². The Labute approximate surface area is 130 Å². The molecular formula is C16H24N2O2S. The van der Waals surface area contributed by atoms with Crippen molar-refractivity contribution in [1.82, 2.24) is 9.80 Å². The van der Waals surface area contributed by atoms with Crippen LogP contribution in [-0.4, -0.2) is 65.0 Å². The van der Waals surface area contributed by atoms with Crippen molar-refractivity contribution in [2.24, 2.45) is 0 Å². The van der Waals surface area contributed by atoms with Crippen LogP contribution in [0.2, 0.25) is 0 Å². The van der Waals surface area contributed by atoms with Crippen LogP contribution in [-0.2, 0) is 9.53 Å². The Morgan fingerprint density at radius 3 is 2.81 bits per heavy atom. The van der Waals surface area contributed by atoms with Crippen molar-refractivity contribution in [2.45, 2.75) is 42.9 Å². The zero-order valence-electron chi connectivity index (χ0n) is 12.6. The number of likely N-dealkylation sites (tertiary alicyclic amines) is 2. The second-order valence-electron chi connectivity index (χ2n) is 6.87. The van der Waals surface area contributed by atoms with E-state index in [0.717, 1.165) is 31.1 Å². The first-order valence-corrected chi connectivity index (χ1v) is 9.22. The monoisotopic (exact) mass is 308 g/mol. The number of carbonyl (C=O) groups is 1. The van der Waals surface area contributed by atoms with Gasteiger partial charge in [0, 0.05) is 31.3 Å². The smallest absolute Gasteiger partial charge is 0.253 e. The molecule has 1 unspecified atom stereocenters. The highest BCUT2D eigenvalue weighted by Gasteiger charge is 2.51. The van der Waals surface area contributed by atoms with Crippen molar-refractivity contribution < 1.29 is 9.53 Å². The standard InChI is InChI=1S/C16H24N2O2S/c19-15(13-4-7-20-9-13)18-11-16(12-18)8-14(10-21-16)17-5-2-1-3-6-17/h9,14H,1-8,10-12H2. The summed E-state index contributed by atoms with van der Waals surface area (Å²) in [6, 6.07) is 0.751. The summed E-state index contributed by atoms with van der Waals surface area (Å²) in [5.74, 6) is 1.47. The molecule has 0 aromatic heterocycles. The van der Waals surface area contributed by atoms with Gasteiger partial charge in [-0.25, -0.2) is 0 Å². The lowest BCUT2D eigenvalue weighted by molar-refractivity contribution is -0.132. The van der Waals surface area contributed by atoms with Crippen LogP contribution in [0, 0.1) is 0 Å². The molecule has 116 valence electrons. The minimum atomic E-state index is 0.208. The maximum atomic E-state index is 12.3. The van der Waals surface area contributed by atoms with Gasteiger partial charge < -0.3 is 9.64 Å². The largest absolute Gasteiger partial charge is 0.500 e. The third-order valence-electron chi connectivity index (χ3n) is 5.33. The fourth-order valence-corrected chi connectivity index (χ4v) is 5.78. The van der Waals surface area contributed by atoms with Gasteiger partial charge in [-0.1, -0.05) is 6.42 Å². The Morgan fingerprint density at radius 2 is 2.10 bits per heavy atom. The Balaban J connectivity index is 1.31. The lowest BCUT2D eigenvalue weighted by atomic mass is 9.90. The van der Waals surface area contributed by atoms with Crippen LogP contribution < -0.4 is 0 Å². The van der Waals surface area contributed by atoms with Crippen LogP contribution in [0.1, 0.15) is 32.1 Å². The minimum absolute atomic E-state index is 0.208. The van der Waals surface area contributed by atoms with Gasteiger partial charge in [0.1, 0.15) is 0 Å². The van der Waals surface area contributed by atoms with E-state index in [1.165, 1.54) is 44.5 Å². The minimum Gasteiger partial charge on any atom is -0.500 e. The van der Waals surface area contributed by atoms with E-state index in [2.05, 4.69) is 16.7 Å². The highest BCUT2D eigenvalue weighted by Crippen LogP contribution is 2.47. The first-order chi connectivity index (χ1) is 10.3. The van der Waals surface area contributed by atoms with Gasteiger partial charge in [-0.05, 0) is 32.4 Å². The van der Waals surface area contributed by atoms with E-state index in [-0.39, 0.29) is 5.91 Å². The Morgan fingerprint density at radius 1 is 1.29 bits per heavy atom. The first kappa shape index (κ1) is 13.9. The molecule has 0 aromatic carbocycles. The number of hydrogen-bond donors (Lipinski definition) is 0. The molecule has 1 spiro atoms. The van der Waals surface area contributed by atoms with Crippen LogP contribution in [0.3, 0.4) is 0 Å². The lowest BCUT2D eigenvalue weighted by Crippen LogP contribution is -2.61. The zero-order valence-corrected chi connectivity index (χ0v) is 13.4. The molecule has 5 heteroatoms. The normalized spacial score (nSPS) is 31.9. The summed E-state index contributed by atoms with van der Waals surface area (Å²) in [7, 11) is 0. The third kappa shape index (κ3) is 2.59. The highest BCUT2D eigenvalue weighted by molar-refractivity contribution is 8.01. The van der Waals surface area contributed by atoms with Gasteiger partial charge in [0.2, 0.25) is 0 Å². The molecule has 1 amide bonds. The Kier molecular flexibility index (Phi) is 3.66. The van der Waals surface area contributed by atoms with E-state index in [1.54, 1.807) is 6.26 Å². The van der Waals surface area contributed by atoms with Crippen LogP contribution in [0.15, 0.2) is 11.8 Å². The van der Waals surface area contributed by atoms with Gasteiger partial charge in [-0.3, -0.25) is 9.69 Å². The highest BCUT2D eigenvalue weighted by atomic mass is 32.2. The number of nitrogens with zero attached hydrogens (tertiary/aromatic N) is 2. The second-order valence-corrected chi connectivity index (χ2v) is 8.36. The second kappa shape index (κ2) is 5.51. The first-order valence-electron chi connectivity index (χ1n) is 8.24. The number of thioether (sulfide) groups is 1. The molecule has 3 saturated heterocycles. The van der Waals surface area contributed by atoms with Gasteiger partial charge in [-0.2, -0.15) is 0 Å². The average molecular weight is 308 g/mol. The molecule has 1 atom stereocenters. The third-order valence-corrected chi connectivity index (χ3v) is 6.92. The van der Waals surface area contributed by atoms with E-state index in [1.807, 2.05) is 4.90 Å². The van der Waals surface area contributed by atoms with E-state index >= 15 is 0 Å². The molecular weight excluding hydrogens is 284 g/mol. The molecule has 4 rings (SSSR count). The molecule has 0 radical (unpaired) electrons. The van der Waals surface area contributed by atoms with Crippen LogP contribution in [0.5, 0.6) is 0 Å². The molecule has 0 saturated carbocycles. The van der Waals surface area contributed by atoms with Crippen molar-refractivity contribution in [3.63, 3.8) is 0 Å². The van der Waals surface area contributed by atoms with Crippen LogP contribution in [0.25, 0.3) is 0 Å². The van der Waals surface area contributed by atoms with Crippen molar-refractivity contribution in [3.05, 3.63) is 11.8 Å². The predicted molar refractivity (Wildman–Crippen MR) is 84.3 cm³/mol. The van der Waals surface area contributed by atoms with Crippen molar-refractivity contribution in [3.8, 4) is 0 Å². The van der Waals surface area contributed by atoms with Gasteiger partial charge >= 0.3 is 0 Å². The molecule has 0 N–H and O–H groups in total. The number of ether oxygens (including phenoxy) is 1. The fourth-order valence-electron chi connectivity index (χ4n) is 4.10. The lowest BCUT2D eigenvalue weighted by Gasteiger charge is -2.48. The molecule has 21 heavy (non-hydrogen) atoms. The fraction of sp³-hybridized carbons (Fsp3) is 0.812. The predicted octanol–water partition coefficient (Wildman–Crippen LogP) is 1.86. The summed E-state index contributed by atoms with van der Waals surface area (Å²) >= 11 is 2.11. The van der Waals surface area contributed by atoms with Gasteiger partial charge in [0.05, 0.1) is 23.2 Å². The van der Waals surface area contributed by atoms with E-state index in [4.69, 9.17) is 4.74 Å². The summed E-state index contributed by atoms with van der Waals surface area (Å²) in [5.41, 5.74) is 0.862. The summed E-state index contributed by atoms with van der Waals surface area (Å²) in [6.07, 6.45) is 7.86. The zero-order chi connectivity index (χ0) is 14.3. The molecule has 4 aliphatic rings. The number of hydrogen-bond acceptors (Lipinski definition) is 4. The maximum absolute atomic E-state index is 12.3. The molecule has 3 fully saturated rings. The molecule has 4 heterocycles. The Hall–Kier alpha value is -0.680. The summed E-state index contributed by atoms with van der Waals surface area (Å²) in [4.78, 5) is 17.0. The Bertz CT molecular complexity index is 453. The topological polar surface area (TPSA) is 32.8 Å². The van der Waals surface area contributed by atoms with Crippen LogP contribution >= 0.6 is 11.8 Å². The van der Waals surface area contributed by atoms with Gasteiger partial charge in [0.15, 0.2) is 0 Å². The summed E-state index contributed by atoms with van der Waals surface area (Å²) in [6.45, 7) is 5.13. The average Bonchev–Trinajstić information content (AvgIpc) is 3.15. The van der Waals surface area contributed by atoms with E-state index in [0.29, 0.717) is 11.4 Å². The summed E-state index contributed by atoms with van der Waals surface area (Å²) < 4.78 is 5.55. The summed E-state index contributed by atoms with van der Waals surface area (Å²) in [5, 5.41) is 0. The SMILES string of the molecule is O=C(C1=COCC1)N1CC2(CC(N3CCCCC3)CS2)C1. The maximum Gasteiger partial charge on any atom is 0.253 e. The molecule has 4 aliphatic heterocycles. The number of piperidine rings is 1. The quantitative estimate of drug-likeness (QED) is 0.779. The molecule has 4 nitrogen and oxygen atoms in total. The van der Waals surface area contributed by atoms with Crippen molar-refractivity contribution >= 4 is 17.7 Å². The van der Waals surface area contributed by atoms with Gasteiger partial charge in [-0.15, -0.1) is 11.8 Å². The number of rotatable bonds is 2. The van der Waals surface area contributed by atoms with Gasteiger partial charge in [0.25, 0.3) is 5.91 Å². The number of carbonyl (C=O) groups excluding carboxylic acids is 1. The van der Waals surface area contributed by atoms with E-state index < -0.39 is 0 Å². The molecule has 0 aromatic rings.